The highest BCUT2D eigenvalue weighted by atomic mass is 19.1. The van der Waals surface area contributed by atoms with Crippen LogP contribution in [0.25, 0.3) is 16.4 Å². The Morgan fingerprint density at radius 3 is 2.94 bits per heavy atom. The maximum atomic E-state index is 14.2. The van der Waals surface area contributed by atoms with Crippen LogP contribution in [0.1, 0.15) is 30.4 Å². The van der Waals surface area contributed by atoms with Crippen LogP contribution in [0.3, 0.4) is 0 Å². The van der Waals surface area contributed by atoms with Crippen molar-refractivity contribution in [3.05, 3.63) is 76.4 Å². The van der Waals surface area contributed by atoms with Crippen LogP contribution in [0.15, 0.2) is 53.8 Å². The Morgan fingerprint density at radius 1 is 1.24 bits per heavy atom. The minimum Gasteiger partial charge on any atom is -0.408 e. The first-order chi connectivity index (χ1) is 16.0. The average Bonchev–Trinajstić information content (AvgIpc) is 3.19. The Labute approximate surface area is 190 Å². The lowest BCUT2D eigenvalue weighted by atomic mass is 9.62. The third-order valence-corrected chi connectivity index (χ3v) is 7.19. The fourth-order valence-electron chi connectivity index (χ4n) is 5.56. The topological polar surface area (TPSA) is 64.7 Å². The number of hydrogen-bond donors (Lipinski definition) is 0. The number of pyridine rings is 2. The van der Waals surface area contributed by atoms with Gasteiger partial charge in [-0.15, -0.1) is 10.2 Å². The summed E-state index contributed by atoms with van der Waals surface area (Å²) in [6, 6.07) is 9.59. The quantitative estimate of drug-likeness (QED) is 0.455. The molecular weight excluding hydrogens is 421 g/mol. The third-order valence-electron chi connectivity index (χ3n) is 7.19. The SMILES string of the molecule is Cc1cccc2ccn(OC3CC4(C3)CN(CCCc3cc5nncn5cc3F)C4)c(=O)c12. The maximum Gasteiger partial charge on any atom is 0.291 e. The molecule has 1 saturated heterocycles. The number of nitrogens with zero attached hydrogens (tertiary/aromatic N) is 5. The molecule has 7 nitrogen and oxygen atoms in total. The van der Waals surface area contributed by atoms with Gasteiger partial charge in [0.2, 0.25) is 0 Å². The molecule has 1 saturated carbocycles. The van der Waals surface area contributed by atoms with Gasteiger partial charge < -0.3 is 9.74 Å². The van der Waals surface area contributed by atoms with E-state index in [1.165, 1.54) is 17.3 Å². The average molecular weight is 448 g/mol. The van der Waals surface area contributed by atoms with Gasteiger partial charge in [0, 0.05) is 30.9 Å². The van der Waals surface area contributed by atoms with Crippen molar-refractivity contribution in [3.8, 4) is 0 Å². The van der Waals surface area contributed by atoms with Crippen LogP contribution >= 0.6 is 0 Å². The summed E-state index contributed by atoms with van der Waals surface area (Å²) >= 11 is 0. The fourth-order valence-corrected chi connectivity index (χ4v) is 5.56. The molecule has 0 radical (unpaired) electrons. The first-order valence-corrected chi connectivity index (χ1v) is 11.5. The molecule has 0 bridgehead atoms. The molecule has 2 fully saturated rings. The van der Waals surface area contributed by atoms with E-state index in [1.54, 1.807) is 16.7 Å². The van der Waals surface area contributed by atoms with Crippen LogP contribution in [0, 0.1) is 18.2 Å². The molecule has 0 amide bonds. The number of aromatic nitrogens is 4. The van der Waals surface area contributed by atoms with Gasteiger partial charge in [0.1, 0.15) is 18.2 Å². The van der Waals surface area contributed by atoms with Gasteiger partial charge in [0.25, 0.3) is 5.56 Å². The summed E-state index contributed by atoms with van der Waals surface area (Å²) in [6.45, 7) is 5.00. The molecule has 170 valence electrons. The molecule has 1 aromatic carbocycles. The second kappa shape index (κ2) is 7.66. The van der Waals surface area contributed by atoms with Gasteiger partial charge in [-0.05, 0) is 67.8 Å². The van der Waals surface area contributed by atoms with Gasteiger partial charge >= 0.3 is 0 Å². The summed E-state index contributed by atoms with van der Waals surface area (Å²) in [5.74, 6) is -0.208. The van der Waals surface area contributed by atoms with Gasteiger partial charge in [-0.3, -0.25) is 9.20 Å². The van der Waals surface area contributed by atoms with Crippen LogP contribution in [0.2, 0.25) is 0 Å². The van der Waals surface area contributed by atoms with Gasteiger partial charge in [0.15, 0.2) is 5.65 Å². The number of aryl methyl sites for hydroxylation is 2. The minimum absolute atomic E-state index is 0.0790. The first kappa shape index (κ1) is 20.4. The number of likely N-dealkylation sites (tertiary alicyclic amines) is 1. The van der Waals surface area contributed by atoms with Gasteiger partial charge in [-0.2, -0.15) is 4.73 Å². The van der Waals surface area contributed by atoms with Crippen molar-refractivity contribution in [1.29, 1.82) is 0 Å². The molecule has 0 unspecified atom stereocenters. The largest absolute Gasteiger partial charge is 0.408 e. The van der Waals surface area contributed by atoms with E-state index < -0.39 is 0 Å². The molecule has 4 aromatic rings. The lowest BCUT2D eigenvalue weighted by molar-refractivity contribution is -0.153. The minimum atomic E-state index is -0.208. The van der Waals surface area contributed by atoms with Crippen LogP contribution in [0.4, 0.5) is 4.39 Å². The Hall–Kier alpha value is -3.26. The van der Waals surface area contributed by atoms with Crippen LogP contribution in [-0.2, 0) is 6.42 Å². The summed E-state index contributed by atoms with van der Waals surface area (Å²) in [5.41, 5.74) is 2.57. The van der Waals surface area contributed by atoms with Gasteiger partial charge in [-0.1, -0.05) is 18.2 Å². The van der Waals surface area contributed by atoms with Crippen molar-refractivity contribution in [3.63, 3.8) is 0 Å². The smallest absolute Gasteiger partial charge is 0.291 e. The van der Waals surface area contributed by atoms with E-state index in [2.05, 4.69) is 15.1 Å². The Bertz CT molecular complexity index is 1400. The van der Waals surface area contributed by atoms with E-state index in [4.69, 9.17) is 4.84 Å². The van der Waals surface area contributed by atoms with Crippen molar-refractivity contribution >= 4 is 16.4 Å². The predicted octanol–water partition coefficient (Wildman–Crippen LogP) is 3.02. The summed E-state index contributed by atoms with van der Waals surface area (Å²) in [7, 11) is 0. The van der Waals surface area contributed by atoms with Crippen molar-refractivity contribution in [2.75, 3.05) is 19.6 Å². The Kier molecular flexibility index (Phi) is 4.72. The van der Waals surface area contributed by atoms with Crippen molar-refractivity contribution < 1.29 is 9.23 Å². The lowest BCUT2D eigenvalue weighted by Gasteiger charge is -2.58. The zero-order chi connectivity index (χ0) is 22.6. The Balaban J connectivity index is 0.995. The van der Waals surface area contributed by atoms with Gasteiger partial charge in [0.05, 0.1) is 5.39 Å². The number of fused-ring (bicyclic) bond motifs is 2. The number of benzene rings is 1. The third kappa shape index (κ3) is 3.58. The lowest BCUT2D eigenvalue weighted by Crippen LogP contribution is -2.65. The van der Waals surface area contributed by atoms with Crippen LogP contribution in [-0.4, -0.2) is 50.0 Å². The molecule has 1 aliphatic carbocycles. The van der Waals surface area contributed by atoms with Crippen molar-refractivity contribution in [2.24, 2.45) is 5.41 Å². The zero-order valence-corrected chi connectivity index (χ0v) is 18.6. The maximum absolute atomic E-state index is 14.2. The monoisotopic (exact) mass is 447 g/mol. The summed E-state index contributed by atoms with van der Waals surface area (Å²) in [6.07, 6.45) is 8.31. The normalized spacial score (nSPS) is 18.0. The molecular formula is C25H26FN5O2. The highest BCUT2D eigenvalue weighted by Crippen LogP contribution is 2.48. The molecule has 2 aliphatic rings. The van der Waals surface area contributed by atoms with E-state index >= 15 is 0 Å². The van der Waals surface area contributed by atoms with Gasteiger partial charge in [-0.25, -0.2) is 4.39 Å². The van der Waals surface area contributed by atoms with E-state index in [-0.39, 0.29) is 17.5 Å². The zero-order valence-electron chi connectivity index (χ0n) is 18.6. The number of halogens is 1. The highest BCUT2D eigenvalue weighted by Gasteiger charge is 2.53. The standard InChI is InChI=1S/C25H26FN5O2/c1-17-4-2-5-18-7-9-31(24(32)23(17)18)33-20-11-25(12-20)14-29(15-25)8-3-6-19-10-22-28-27-16-30(22)13-21(19)26/h2,4-5,7,9-10,13,16,20H,3,6,8,11-12,14-15H2,1H3. The van der Waals surface area contributed by atoms with E-state index in [9.17, 15) is 9.18 Å². The molecule has 0 N–H and O–H groups in total. The van der Waals surface area contributed by atoms with Crippen LogP contribution in [0.5, 0.6) is 0 Å². The highest BCUT2D eigenvalue weighted by molar-refractivity contribution is 5.84. The molecule has 8 heteroatoms. The summed E-state index contributed by atoms with van der Waals surface area (Å²) < 4.78 is 17.2. The number of rotatable bonds is 6. The molecule has 3 aromatic heterocycles. The summed E-state index contributed by atoms with van der Waals surface area (Å²) in [5, 5.41) is 9.47. The number of hydrogen-bond acceptors (Lipinski definition) is 5. The molecule has 4 heterocycles. The first-order valence-electron chi connectivity index (χ1n) is 11.5. The molecule has 0 atom stereocenters. The summed E-state index contributed by atoms with van der Waals surface area (Å²) in [4.78, 5) is 21.3. The van der Waals surface area contributed by atoms with Crippen molar-refractivity contribution in [1.82, 2.24) is 24.2 Å². The molecule has 33 heavy (non-hydrogen) atoms. The van der Waals surface area contributed by atoms with Crippen LogP contribution < -0.4 is 10.4 Å². The van der Waals surface area contributed by atoms with Crippen molar-refractivity contribution in [2.45, 2.75) is 38.7 Å². The van der Waals surface area contributed by atoms with E-state index in [1.807, 2.05) is 31.2 Å². The second-order valence-corrected chi connectivity index (χ2v) is 9.68. The molecule has 1 spiro atoms. The molecule has 6 rings (SSSR count). The Morgan fingerprint density at radius 2 is 2.09 bits per heavy atom. The predicted molar refractivity (Wildman–Crippen MR) is 123 cm³/mol. The van der Waals surface area contributed by atoms with E-state index in [0.717, 1.165) is 55.2 Å². The molecule has 1 aliphatic heterocycles. The fraction of sp³-hybridized carbons (Fsp3) is 0.400. The van der Waals surface area contributed by atoms with E-state index in [0.29, 0.717) is 23.0 Å². The second-order valence-electron chi connectivity index (χ2n) is 9.68.